The summed E-state index contributed by atoms with van der Waals surface area (Å²) < 4.78 is 2.21. The van der Waals surface area contributed by atoms with Gasteiger partial charge in [0.1, 0.15) is 5.82 Å². The minimum Gasteiger partial charge on any atom is -0.292 e. The number of fused-ring (bicyclic) bond motifs is 1. The number of aryl methyl sites for hydroxylation is 2. The van der Waals surface area contributed by atoms with E-state index >= 15 is 0 Å². The average molecular weight is 761 g/mol. The number of imidazole rings is 1. The summed E-state index contributed by atoms with van der Waals surface area (Å²) in [5.74, 6) is 4.13. The largest absolute Gasteiger partial charge is 0.292 e. The molecule has 3 aromatic heterocycles. The monoisotopic (exact) mass is 760 g/mol. The van der Waals surface area contributed by atoms with E-state index < -0.39 is 0 Å². The number of para-hydroxylation sites is 2. The zero-order valence-electron chi connectivity index (χ0n) is 32.4. The lowest BCUT2D eigenvalue weighted by Gasteiger charge is -2.15. The molecule has 0 aliphatic heterocycles. The summed E-state index contributed by atoms with van der Waals surface area (Å²) in [5.41, 5.74) is 11.1. The number of hydrogen-bond acceptors (Lipinski definition) is 7. The lowest BCUT2D eigenvalue weighted by molar-refractivity contribution is 1.06. The minimum atomic E-state index is 0.513. The van der Waals surface area contributed by atoms with Crippen molar-refractivity contribution >= 4 is 11.0 Å². The molecular formula is C51H36N8. The summed E-state index contributed by atoms with van der Waals surface area (Å²) in [6.45, 7) is 4.24. The van der Waals surface area contributed by atoms with E-state index in [1.165, 1.54) is 0 Å². The normalized spacial score (nSPS) is 11.2. The van der Waals surface area contributed by atoms with Crippen LogP contribution in [0, 0.1) is 13.8 Å². The number of aromatic nitrogens is 8. The second-order valence-corrected chi connectivity index (χ2v) is 14.5. The fraction of sp³-hybridized carbons (Fsp3) is 0.0392. The van der Waals surface area contributed by atoms with Crippen molar-refractivity contribution in [2.24, 2.45) is 0 Å². The first-order chi connectivity index (χ1) is 29.0. The zero-order valence-corrected chi connectivity index (χ0v) is 32.4. The number of nitrogens with zero attached hydrogens (tertiary/aromatic N) is 8. The van der Waals surface area contributed by atoms with Crippen LogP contribution in [-0.2, 0) is 0 Å². The van der Waals surface area contributed by atoms with Crippen LogP contribution in [-0.4, -0.2) is 39.5 Å². The summed E-state index contributed by atoms with van der Waals surface area (Å²) in [5, 5.41) is 0. The van der Waals surface area contributed by atoms with Gasteiger partial charge in [0, 0.05) is 44.6 Å². The summed E-state index contributed by atoms with van der Waals surface area (Å²) in [6, 6.07) is 61.2. The van der Waals surface area contributed by atoms with Gasteiger partial charge in [-0.3, -0.25) is 4.57 Å². The van der Waals surface area contributed by atoms with Gasteiger partial charge in [-0.25, -0.2) is 34.9 Å². The standard InChI is InChI=1S/C51H36N8/c1-33-27-34(2)29-41(28-33)51-52-43-25-15-16-26-44(43)59(51)42-31-39(49-55-45(35-17-7-3-8-18-35)53-46(56-49)36-19-9-4-10-20-36)30-40(32-42)50-57-47(37-21-11-5-12-22-37)54-48(58-50)38-23-13-6-14-24-38/h3-32H,1-2H3. The smallest absolute Gasteiger partial charge is 0.164 e. The molecule has 7 aromatic carbocycles. The van der Waals surface area contributed by atoms with E-state index in [2.05, 4.69) is 66.9 Å². The van der Waals surface area contributed by atoms with Gasteiger partial charge in [-0.1, -0.05) is 151 Å². The Balaban J connectivity index is 1.27. The number of rotatable bonds is 8. The van der Waals surface area contributed by atoms with Crippen molar-refractivity contribution in [2.45, 2.75) is 13.8 Å². The van der Waals surface area contributed by atoms with E-state index in [1.807, 2.05) is 133 Å². The van der Waals surface area contributed by atoms with Crippen molar-refractivity contribution in [1.82, 2.24) is 39.5 Å². The maximum atomic E-state index is 5.24. The van der Waals surface area contributed by atoms with Crippen LogP contribution in [0.25, 0.3) is 96.4 Å². The second kappa shape index (κ2) is 15.2. The van der Waals surface area contributed by atoms with E-state index in [0.717, 1.165) is 72.6 Å². The Bertz CT molecular complexity index is 2830. The van der Waals surface area contributed by atoms with Crippen LogP contribution < -0.4 is 0 Å². The Kier molecular flexibility index (Phi) is 9.12. The highest BCUT2D eigenvalue weighted by atomic mass is 15.1. The maximum Gasteiger partial charge on any atom is 0.164 e. The first-order valence-corrected chi connectivity index (χ1v) is 19.5. The molecule has 0 radical (unpaired) electrons. The van der Waals surface area contributed by atoms with Gasteiger partial charge in [0.15, 0.2) is 34.9 Å². The van der Waals surface area contributed by atoms with Crippen molar-refractivity contribution in [1.29, 1.82) is 0 Å². The van der Waals surface area contributed by atoms with Gasteiger partial charge in [-0.15, -0.1) is 0 Å². The van der Waals surface area contributed by atoms with Crippen LogP contribution in [0.4, 0.5) is 0 Å². The van der Waals surface area contributed by atoms with Crippen LogP contribution in [0.15, 0.2) is 182 Å². The Morgan fingerprint density at radius 2 is 0.661 bits per heavy atom. The first-order valence-electron chi connectivity index (χ1n) is 19.5. The van der Waals surface area contributed by atoms with Crippen molar-refractivity contribution in [3.63, 3.8) is 0 Å². The molecule has 3 heterocycles. The Morgan fingerprint density at radius 3 is 1.07 bits per heavy atom. The highest BCUT2D eigenvalue weighted by molar-refractivity contribution is 5.85. The molecule has 0 amide bonds. The van der Waals surface area contributed by atoms with E-state index in [9.17, 15) is 0 Å². The van der Waals surface area contributed by atoms with E-state index in [4.69, 9.17) is 34.9 Å². The molecule has 10 rings (SSSR count). The summed E-state index contributed by atoms with van der Waals surface area (Å²) in [7, 11) is 0. The van der Waals surface area contributed by atoms with Gasteiger partial charge in [-0.2, -0.15) is 0 Å². The number of benzene rings is 7. The predicted molar refractivity (Wildman–Crippen MR) is 235 cm³/mol. The van der Waals surface area contributed by atoms with Crippen molar-refractivity contribution < 1.29 is 0 Å². The predicted octanol–water partition coefficient (Wildman–Crippen LogP) is 11.7. The fourth-order valence-corrected chi connectivity index (χ4v) is 7.46. The molecule has 8 heteroatoms. The summed E-state index contributed by atoms with van der Waals surface area (Å²) in [6.07, 6.45) is 0. The quantitative estimate of drug-likeness (QED) is 0.152. The van der Waals surface area contributed by atoms with E-state index in [-0.39, 0.29) is 0 Å². The number of hydrogen-bond donors (Lipinski definition) is 0. The molecule has 0 atom stereocenters. The zero-order chi connectivity index (χ0) is 39.7. The maximum absolute atomic E-state index is 5.24. The molecule has 0 aliphatic rings. The average Bonchev–Trinajstić information content (AvgIpc) is 3.69. The topological polar surface area (TPSA) is 95.2 Å². The molecule has 0 aliphatic carbocycles. The molecule has 10 aromatic rings. The van der Waals surface area contributed by atoms with Crippen molar-refractivity contribution in [3.05, 3.63) is 193 Å². The van der Waals surface area contributed by atoms with Gasteiger partial charge < -0.3 is 0 Å². The third kappa shape index (κ3) is 7.15. The molecule has 0 N–H and O–H groups in total. The SMILES string of the molecule is Cc1cc(C)cc(-c2nc3ccccc3n2-c2cc(-c3nc(-c4ccccc4)nc(-c4ccccc4)n3)cc(-c3nc(-c4ccccc4)nc(-c4ccccc4)n3)c2)c1. The molecule has 0 bridgehead atoms. The molecule has 0 spiro atoms. The van der Waals surface area contributed by atoms with Crippen LogP contribution in [0.2, 0.25) is 0 Å². The van der Waals surface area contributed by atoms with E-state index in [0.29, 0.717) is 34.9 Å². The molecule has 0 fully saturated rings. The Morgan fingerprint density at radius 1 is 0.305 bits per heavy atom. The molecule has 59 heavy (non-hydrogen) atoms. The lowest BCUT2D eigenvalue weighted by atomic mass is 10.0. The van der Waals surface area contributed by atoms with Gasteiger partial charge in [0.05, 0.1) is 11.0 Å². The molecule has 0 unspecified atom stereocenters. The molecular weight excluding hydrogens is 725 g/mol. The van der Waals surface area contributed by atoms with Gasteiger partial charge in [0.25, 0.3) is 0 Å². The van der Waals surface area contributed by atoms with Gasteiger partial charge in [-0.05, 0) is 56.3 Å². The Labute approximate surface area is 341 Å². The van der Waals surface area contributed by atoms with Crippen LogP contribution in [0.5, 0.6) is 0 Å². The molecule has 8 nitrogen and oxygen atoms in total. The van der Waals surface area contributed by atoms with Crippen molar-refractivity contribution in [3.8, 4) is 85.4 Å². The fourth-order valence-electron chi connectivity index (χ4n) is 7.46. The van der Waals surface area contributed by atoms with Crippen LogP contribution >= 0.6 is 0 Å². The summed E-state index contributed by atoms with van der Waals surface area (Å²) in [4.78, 5) is 35.8. The Hall–Kier alpha value is -7.97. The van der Waals surface area contributed by atoms with Gasteiger partial charge in [0.2, 0.25) is 0 Å². The highest BCUT2D eigenvalue weighted by Crippen LogP contribution is 2.36. The lowest BCUT2D eigenvalue weighted by Crippen LogP contribution is -2.04. The van der Waals surface area contributed by atoms with Gasteiger partial charge >= 0.3 is 0 Å². The second-order valence-electron chi connectivity index (χ2n) is 14.5. The molecule has 280 valence electrons. The molecule has 0 saturated heterocycles. The minimum absolute atomic E-state index is 0.513. The third-order valence-electron chi connectivity index (χ3n) is 10.1. The van der Waals surface area contributed by atoms with E-state index in [1.54, 1.807) is 0 Å². The first kappa shape index (κ1) is 35.4. The third-order valence-corrected chi connectivity index (χ3v) is 10.1. The summed E-state index contributed by atoms with van der Waals surface area (Å²) >= 11 is 0. The molecule has 0 saturated carbocycles. The van der Waals surface area contributed by atoms with Crippen molar-refractivity contribution in [2.75, 3.05) is 0 Å². The van der Waals surface area contributed by atoms with Crippen LogP contribution in [0.1, 0.15) is 11.1 Å². The van der Waals surface area contributed by atoms with Crippen LogP contribution in [0.3, 0.4) is 0 Å². The highest BCUT2D eigenvalue weighted by Gasteiger charge is 2.21.